The Balaban J connectivity index is 1.60. The van der Waals surface area contributed by atoms with Gasteiger partial charge in [0.1, 0.15) is 17.4 Å². The number of carbonyl (C=O) groups excluding carboxylic acids is 1. The van der Waals surface area contributed by atoms with Crippen LogP contribution in [0, 0.1) is 20.8 Å². The summed E-state index contributed by atoms with van der Waals surface area (Å²) in [6, 6.07) is 6.08. The molecule has 2 heterocycles. The highest BCUT2D eigenvalue weighted by atomic mass is 32.2. The maximum Gasteiger partial charge on any atom is 0.239 e. The van der Waals surface area contributed by atoms with Crippen molar-refractivity contribution in [2.24, 2.45) is 7.05 Å². The molecule has 1 amide bonds. The molecule has 0 aliphatic rings. The van der Waals surface area contributed by atoms with E-state index in [0.717, 1.165) is 21.9 Å². The molecule has 148 valence electrons. The highest BCUT2D eigenvalue weighted by Crippen LogP contribution is 2.24. The van der Waals surface area contributed by atoms with Gasteiger partial charge in [0.2, 0.25) is 11.0 Å². The quantitative estimate of drug-likeness (QED) is 0.588. The molecular weight excluding hydrogens is 396 g/mol. The molecule has 8 nitrogen and oxygen atoms in total. The first kappa shape index (κ1) is 20.3. The number of aryl methyl sites for hydroxylation is 3. The van der Waals surface area contributed by atoms with E-state index in [1.807, 2.05) is 51.4 Å². The fourth-order valence-electron chi connectivity index (χ4n) is 2.34. The van der Waals surface area contributed by atoms with Gasteiger partial charge in [0.25, 0.3) is 0 Å². The molecule has 3 aromatic rings. The van der Waals surface area contributed by atoms with E-state index >= 15 is 0 Å². The third-order valence-electron chi connectivity index (χ3n) is 4.03. The van der Waals surface area contributed by atoms with Gasteiger partial charge in [0.15, 0.2) is 11.0 Å². The molecule has 0 fully saturated rings. The summed E-state index contributed by atoms with van der Waals surface area (Å²) in [4.78, 5) is 12.3. The van der Waals surface area contributed by atoms with Crippen molar-refractivity contribution in [3.63, 3.8) is 0 Å². The van der Waals surface area contributed by atoms with E-state index in [9.17, 15) is 4.79 Å². The zero-order chi connectivity index (χ0) is 20.3. The highest BCUT2D eigenvalue weighted by Gasteiger charge is 2.20. The first-order valence-electron chi connectivity index (χ1n) is 8.69. The fourth-order valence-corrected chi connectivity index (χ4v) is 3.77. The van der Waals surface area contributed by atoms with Crippen LogP contribution in [0.5, 0.6) is 5.75 Å². The molecule has 1 atom stereocenters. The first-order valence-corrected chi connectivity index (χ1v) is 10.4. The molecule has 1 N–H and O–H groups in total. The van der Waals surface area contributed by atoms with E-state index in [0.29, 0.717) is 22.7 Å². The van der Waals surface area contributed by atoms with Gasteiger partial charge in [-0.25, -0.2) is 0 Å². The summed E-state index contributed by atoms with van der Waals surface area (Å²) in [5, 5.41) is 20.6. The van der Waals surface area contributed by atoms with Crippen molar-refractivity contribution < 1.29 is 9.53 Å². The average molecular weight is 419 g/mol. The van der Waals surface area contributed by atoms with Crippen molar-refractivity contribution in [3.05, 3.63) is 40.2 Å². The van der Waals surface area contributed by atoms with E-state index in [2.05, 4.69) is 31.8 Å². The number of hydrogen-bond donors (Lipinski definition) is 1. The summed E-state index contributed by atoms with van der Waals surface area (Å²) in [5.41, 5.74) is 2.21. The minimum absolute atomic E-state index is 0.155. The van der Waals surface area contributed by atoms with E-state index in [-0.39, 0.29) is 11.2 Å². The highest BCUT2D eigenvalue weighted by molar-refractivity contribution is 8.00. The van der Waals surface area contributed by atoms with Crippen LogP contribution >= 0.6 is 23.1 Å². The molecule has 28 heavy (non-hydrogen) atoms. The number of amides is 1. The Hall–Kier alpha value is -2.46. The number of anilines is 1. The van der Waals surface area contributed by atoms with Gasteiger partial charge in [-0.2, -0.15) is 0 Å². The Morgan fingerprint density at radius 2 is 2.04 bits per heavy atom. The minimum Gasteiger partial charge on any atom is -0.485 e. The number of hydrogen-bond acceptors (Lipinski definition) is 8. The third-order valence-corrected chi connectivity index (χ3v) is 5.92. The van der Waals surface area contributed by atoms with Gasteiger partial charge in [-0.05, 0) is 44.9 Å². The summed E-state index contributed by atoms with van der Waals surface area (Å²) in [6.07, 6.45) is 0. The van der Waals surface area contributed by atoms with Crippen molar-refractivity contribution in [3.8, 4) is 5.75 Å². The Morgan fingerprint density at radius 1 is 1.25 bits per heavy atom. The molecular formula is C18H22N6O2S2. The van der Waals surface area contributed by atoms with E-state index in [1.165, 1.54) is 23.1 Å². The second-order valence-electron chi connectivity index (χ2n) is 6.39. The van der Waals surface area contributed by atoms with Crippen molar-refractivity contribution in [2.45, 2.75) is 44.7 Å². The number of nitrogens with zero attached hydrogens (tertiary/aromatic N) is 5. The summed E-state index contributed by atoms with van der Waals surface area (Å²) >= 11 is 2.67. The van der Waals surface area contributed by atoms with Crippen molar-refractivity contribution >= 4 is 34.1 Å². The largest absolute Gasteiger partial charge is 0.485 e. The maximum absolute atomic E-state index is 12.3. The number of thioether (sulfide) groups is 1. The molecule has 2 aromatic heterocycles. The smallest absolute Gasteiger partial charge is 0.239 e. The fraction of sp³-hybridized carbons (Fsp3) is 0.389. The molecule has 0 aliphatic carbocycles. The third kappa shape index (κ3) is 4.87. The summed E-state index contributed by atoms with van der Waals surface area (Å²) in [7, 11) is 1.86. The Bertz CT molecular complexity index is 984. The molecule has 1 aromatic carbocycles. The molecule has 0 aliphatic heterocycles. The van der Waals surface area contributed by atoms with Gasteiger partial charge in [-0.15, -0.1) is 20.4 Å². The second-order valence-corrected chi connectivity index (χ2v) is 8.88. The zero-order valence-electron chi connectivity index (χ0n) is 16.4. The lowest BCUT2D eigenvalue weighted by Crippen LogP contribution is -2.22. The van der Waals surface area contributed by atoms with Gasteiger partial charge < -0.3 is 9.30 Å². The SMILES string of the molecule is Cc1ccc(C)c(OCc2nnc(S[C@@H](C)C(=O)Nc3nnc(C)s3)n2C)c1. The molecule has 0 unspecified atom stereocenters. The van der Waals surface area contributed by atoms with Crippen LogP contribution in [0.15, 0.2) is 23.4 Å². The summed E-state index contributed by atoms with van der Waals surface area (Å²) < 4.78 is 7.75. The normalized spacial score (nSPS) is 12.0. The van der Waals surface area contributed by atoms with Gasteiger partial charge in [0.05, 0.1) is 5.25 Å². The molecule has 0 saturated carbocycles. The number of carbonyl (C=O) groups is 1. The van der Waals surface area contributed by atoms with Crippen molar-refractivity contribution in [2.75, 3.05) is 5.32 Å². The monoisotopic (exact) mass is 418 g/mol. The van der Waals surface area contributed by atoms with Crippen molar-refractivity contribution in [1.82, 2.24) is 25.0 Å². The molecule has 3 rings (SSSR count). The Labute approximate surface area is 171 Å². The second kappa shape index (κ2) is 8.70. The van der Waals surface area contributed by atoms with Crippen LogP contribution in [-0.4, -0.2) is 36.1 Å². The van der Waals surface area contributed by atoms with E-state index in [4.69, 9.17) is 4.74 Å². The Morgan fingerprint density at radius 3 is 2.75 bits per heavy atom. The molecule has 0 radical (unpaired) electrons. The number of rotatable bonds is 7. The van der Waals surface area contributed by atoms with E-state index < -0.39 is 0 Å². The van der Waals surface area contributed by atoms with Crippen LogP contribution in [0.1, 0.15) is 28.9 Å². The standard InChI is InChI=1S/C18H22N6O2S2/c1-10-6-7-11(2)14(8-10)26-9-15-21-23-18(24(15)5)27-12(3)16(25)19-17-22-20-13(4)28-17/h6-8,12H,9H2,1-5H3,(H,19,22,25)/t12-/m0/s1. The first-order chi connectivity index (χ1) is 13.3. The number of aromatic nitrogens is 5. The molecule has 0 spiro atoms. The van der Waals surface area contributed by atoms with E-state index in [1.54, 1.807) is 0 Å². The number of benzene rings is 1. The van der Waals surface area contributed by atoms with Gasteiger partial charge in [-0.1, -0.05) is 35.2 Å². The van der Waals surface area contributed by atoms with Gasteiger partial charge in [-0.3, -0.25) is 10.1 Å². The van der Waals surface area contributed by atoms with Crippen LogP contribution < -0.4 is 10.1 Å². The van der Waals surface area contributed by atoms with Gasteiger partial charge >= 0.3 is 0 Å². The van der Waals surface area contributed by atoms with Gasteiger partial charge in [0, 0.05) is 7.05 Å². The van der Waals surface area contributed by atoms with Crippen molar-refractivity contribution in [1.29, 1.82) is 0 Å². The summed E-state index contributed by atoms with van der Waals surface area (Å²) in [6.45, 7) is 7.99. The molecule has 0 saturated heterocycles. The van der Waals surface area contributed by atoms with Crippen LogP contribution in [0.2, 0.25) is 0 Å². The molecule has 10 heteroatoms. The molecule has 0 bridgehead atoms. The minimum atomic E-state index is -0.361. The number of nitrogens with one attached hydrogen (secondary N) is 1. The lowest BCUT2D eigenvalue weighted by atomic mass is 10.1. The van der Waals surface area contributed by atoms with Crippen LogP contribution in [0.3, 0.4) is 0 Å². The Kier molecular flexibility index (Phi) is 6.30. The lowest BCUT2D eigenvalue weighted by Gasteiger charge is -2.11. The zero-order valence-corrected chi connectivity index (χ0v) is 18.0. The average Bonchev–Trinajstić information content (AvgIpc) is 3.21. The topological polar surface area (TPSA) is 94.8 Å². The summed E-state index contributed by atoms with van der Waals surface area (Å²) in [5.74, 6) is 1.37. The predicted octanol–water partition coefficient (Wildman–Crippen LogP) is 3.29. The van der Waals surface area contributed by atoms with Crippen LogP contribution in [0.4, 0.5) is 5.13 Å². The lowest BCUT2D eigenvalue weighted by molar-refractivity contribution is -0.115. The van der Waals surface area contributed by atoms with Crippen LogP contribution in [0.25, 0.3) is 0 Å². The predicted molar refractivity (Wildman–Crippen MR) is 110 cm³/mol. The number of ether oxygens (including phenoxy) is 1. The van der Waals surface area contributed by atoms with Crippen LogP contribution in [-0.2, 0) is 18.4 Å². The maximum atomic E-state index is 12.3.